The summed E-state index contributed by atoms with van der Waals surface area (Å²) in [5.74, 6) is 0.937. The summed E-state index contributed by atoms with van der Waals surface area (Å²) in [4.78, 5) is 14.7. The maximum absolute atomic E-state index is 12.4. The van der Waals surface area contributed by atoms with E-state index in [1.54, 1.807) is 7.11 Å². The van der Waals surface area contributed by atoms with Gasteiger partial charge in [0.25, 0.3) is 0 Å². The second-order valence-electron chi connectivity index (χ2n) is 5.27. The van der Waals surface area contributed by atoms with Crippen LogP contribution in [0, 0.1) is 0 Å². The fraction of sp³-hybridized carbons (Fsp3) is 0.562. The van der Waals surface area contributed by atoms with Crippen molar-refractivity contribution in [1.82, 2.24) is 4.90 Å². The van der Waals surface area contributed by atoms with Gasteiger partial charge in [-0.2, -0.15) is 0 Å². The molecule has 1 saturated carbocycles. The minimum Gasteiger partial charge on any atom is -0.496 e. The number of benzene rings is 1. The van der Waals surface area contributed by atoms with Crippen LogP contribution in [-0.4, -0.2) is 36.9 Å². The first kappa shape index (κ1) is 15.5. The van der Waals surface area contributed by atoms with Gasteiger partial charge in [-0.25, -0.2) is 0 Å². The van der Waals surface area contributed by atoms with Crippen molar-refractivity contribution in [2.24, 2.45) is 0 Å². The Hall–Kier alpha value is -0.870. The van der Waals surface area contributed by atoms with E-state index in [2.05, 4.69) is 27.8 Å². The fourth-order valence-electron chi connectivity index (χ4n) is 2.88. The Morgan fingerprint density at radius 1 is 1.40 bits per heavy atom. The third-order valence-electron chi connectivity index (χ3n) is 4.07. The maximum atomic E-state index is 12.4. The number of hydrogen-bond donors (Lipinski definition) is 0. The molecule has 1 aliphatic rings. The van der Waals surface area contributed by atoms with Gasteiger partial charge in [0.05, 0.1) is 18.1 Å². The van der Waals surface area contributed by atoms with E-state index in [0.29, 0.717) is 12.6 Å². The number of ether oxygens (including phenoxy) is 1. The number of hydrogen-bond acceptors (Lipinski definition) is 3. The first-order chi connectivity index (χ1) is 9.65. The number of Topliss-reactive ketones (excluding diaryl/α,β-unsaturated/α-hetero) is 1. The molecule has 1 fully saturated rings. The predicted octanol–water partition coefficient (Wildman–Crippen LogP) is 3.90. The van der Waals surface area contributed by atoms with Crippen LogP contribution in [0.4, 0.5) is 0 Å². The van der Waals surface area contributed by atoms with Crippen molar-refractivity contribution < 1.29 is 9.53 Å². The second kappa shape index (κ2) is 7.23. The highest BCUT2D eigenvalue weighted by Crippen LogP contribution is 2.27. The van der Waals surface area contributed by atoms with Crippen LogP contribution < -0.4 is 4.74 Å². The van der Waals surface area contributed by atoms with Crippen molar-refractivity contribution in [3.63, 3.8) is 0 Å². The molecular formula is C16H22BrNO2. The van der Waals surface area contributed by atoms with Crippen LogP contribution in [0.15, 0.2) is 22.7 Å². The third kappa shape index (κ3) is 3.61. The lowest BCUT2D eigenvalue weighted by Crippen LogP contribution is -2.37. The average Bonchev–Trinajstić information content (AvgIpc) is 2.98. The summed E-state index contributed by atoms with van der Waals surface area (Å²) in [6, 6.07) is 6.12. The highest BCUT2D eigenvalue weighted by Gasteiger charge is 2.23. The fourth-order valence-corrected chi connectivity index (χ4v) is 3.42. The largest absolute Gasteiger partial charge is 0.496 e. The van der Waals surface area contributed by atoms with Gasteiger partial charge in [-0.05, 0) is 53.5 Å². The van der Waals surface area contributed by atoms with E-state index in [-0.39, 0.29) is 5.78 Å². The first-order valence-corrected chi connectivity index (χ1v) is 8.05. The molecule has 0 N–H and O–H groups in total. The lowest BCUT2D eigenvalue weighted by Gasteiger charge is -2.26. The molecule has 0 bridgehead atoms. The Labute approximate surface area is 129 Å². The van der Waals surface area contributed by atoms with E-state index in [1.165, 1.54) is 25.7 Å². The first-order valence-electron chi connectivity index (χ1n) is 7.26. The zero-order valence-electron chi connectivity index (χ0n) is 12.2. The van der Waals surface area contributed by atoms with Gasteiger partial charge in [-0.3, -0.25) is 9.69 Å². The Morgan fingerprint density at radius 3 is 2.65 bits per heavy atom. The average molecular weight is 340 g/mol. The molecular weight excluding hydrogens is 318 g/mol. The predicted molar refractivity (Wildman–Crippen MR) is 84.5 cm³/mol. The molecule has 1 aromatic carbocycles. The van der Waals surface area contributed by atoms with Gasteiger partial charge in [0.15, 0.2) is 5.78 Å². The van der Waals surface area contributed by atoms with E-state index < -0.39 is 0 Å². The molecule has 0 amide bonds. The number of likely N-dealkylation sites (N-methyl/N-ethyl adjacent to an activating group) is 1. The summed E-state index contributed by atoms with van der Waals surface area (Å²) in [6.07, 6.45) is 5.05. The smallest absolute Gasteiger partial charge is 0.176 e. The summed E-state index contributed by atoms with van der Waals surface area (Å²) >= 11 is 3.43. The number of nitrogens with zero attached hydrogens (tertiary/aromatic N) is 1. The van der Waals surface area contributed by atoms with Crippen LogP contribution in [0.5, 0.6) is 5.75 Å². The normalized spacial score (nSPS) is 15.8. The molecule has 0 unspecified atom stereocenters. The number of methoxy groups -OCH3 is 1. The molecule has 2 rings (SSSR count). The van der Waals surface area contributed by atoms with Crippen LogP contribution in [-0.2, 0) is 0 Å². The second-order valence-corrected chi connectivity index (χ2v) is 6.13. The molecule has 1 aliphatic carbocycles. The molecule has 0 saturated heterocycles. The van der Waals surface area contributed by atoms with Gasteiger partial charge in [-0.15, -0.1) is 0 Å². The van der Waals surface area contributed by atoms with Crippen molar-refractivity contribution in [3.05, 3.63) is 28.2 Å². The highest BCUT2D eigenvalue weighted by atomic mass is 79.9. The number of carbonyl (C=O) groups excluding carboxylic acids is 1. The summed E-state index contributed by atoms with van der Waals surface area (Å²) in [5.41, 5.74) is 0.745. The van der Waals surface area contributed by atoms with Crippen LogP contribution >= 0.6 is 15.9 Å². The summed E-state index contributed by atoms with van der Waals surface area (Å²) < 4.78 is 6.02. The SMILES string of the molecule is CCN(CC(=O)c1ccc(OC)c(Br)c1)C1CCCC1. The molecule has 3 nitrogen and oxygen atoms in total. The molecule has 4 heteroatoms. The van der Waals surface area contributed by atoms with Crippen molar-refractivity contribution in [2.75, 3.05) is 20.2 Å². The van der Waals surface area contributed by atoms with Crippen LogP contribution in [0.25, 0.3) is 0 Å². The monoisotopic (exact) mass is 339 g/mol. The molecule has 0 heterocycles. The number of rotatable bonds is 6. The van der Waals surface area contributed by atoms with E-state index in [0.717, 1.165) is 22.3 Å². The number of carbonyl (C=O) groups is 1. The number of halogens is 1. The van der Waals surface area contributed by atoms with Gasteiger partial charge in [0, 0.05) is 11.6 Å². The Kier molecular flexibility index (Phi) is 5.61. The van der Waals surface area contributed by atoms with Gasteiger partial charge in [-0.1, -0.05) is 19.8 Å². The Morgan fingerprint density at radius 2 is 2.10 bits per heavy atom. The van der Waals surface area contributed by atoms with Crippen LogP contribution in [0.3, 0.4) is 0 Å². The lowest BCUT2D eigenvalue weighted by atomic mass is 10.1. The van der Waals surface area contributed by atoms with Gasteiger partial charge in [0.2, 0.25) is 0 Å². The van der Waals surface area contributed by atoms with Gasteiger partial charge >= 0.3 is 0 Å². The summed E-state index contributed by atoms with van der Waals surface area (Å²) in [7, 11) is 1.63. The minimum absolute atomic E-state index is 0.183. The number of ketones is 1. The molecule has 0 radical (unpaired) electrons. The van der Waals surface area contributed by atoms with Crippen LogP contribution in [0.1, 0.15) is 43.0 Å². The topological polar surface area (TPSA) is 29.5 Å². The van der Waals surface area contributed by atoms with E-state index in [4.69, 9.17) is 4.74 Å². The maximum Gasteiger partial charge on any atom is 0.176 e. The van der Waals surface area contributed by atoms with Crippen molar-refractivity contribution in [2.45, 2.75) is 38.6 Å². The quantitative estimate of drug-likeness (QED) is 0.736. The molecule has 110 valence electrons. The molecule has 20 heavy (non-hydrogen) atoms. The van der Waals surface area contributed by atoms with Crippen LogP contribution in [0.2, 0.25) is 0 Å². The summed E-state index contributed by atoms with van der Waals surface area (Å²) in [6.45, 7) is 3.59. The lowest BCUT2D eigenvalue weighted by molar-refractivity contribution is 0.0899. The van der Waals surface area contributed by atoms with Crippen molar-refractivity contribution >= 4 is 21.7 Å². The summed E-state index contributed by atoms with van der Waals surface area (Å²) in [5, 5.41) is 0. The Balaban J connectivity index is 2.04. The van der Waals surface area contributed by atoms with E-state index in [1.807, 2.05) is 18.2 Å². The molecule has 0 aliphatic heterocycles. The van der Waals surface area contributed by atoms with E-state index >= 15 is 0 Å². The molecule has 0 atom stereocenters. The molecule has 0 aromatic heterocycles. The zero-order valence-corrected chi connectivity index (χ0v) is 13.8. The standard InChI is InChI=1S/C16H22BrNO2/c1-3-18(13-6-4-5-7-13)11-15(19)12-8-9-16(20-2)14(17)10-12/h8-10,13H,3-7,11H2,1-2H3. The van der Waals surface area contributed by atoms with Crippen molar-refractivity contribution in [3.8, 4) is 5.75 Å². The van der Waals surface area contributed by atoms with E-state index in [9.17, 15) is 4.79 Å². The molecule has 0 spiro atoms. The van der Waals surface area contributed by atoms with Gasteiger partial charge < -0.3 is 4.74 Å². The Bertz CT molecular complexity index is 470. The molecule has 1 aromatic rings. The third-order valence-corrected chi connectivity index (χ3v) is 4.69. The van der Waals surface area contributed by atoms with Gasteiger partial charge in [0.1, 0.15) is 5.75 Å². The zero-order chi connectivity index (χ0) is 14.5. The minimum atomic E-state index is 0.183. The highest BCUT2D eigenvalue weighted by molar-refractivity contribution is 9.10. The van der Waals surface area contributed by atoms with Crippen molar-refractivity contribution in [1.29, 1.82) is 0 Å².